The van der Waals surface area contributed by atoms with Gasteiger partial charge in [-0.1, -0.05) is 24.3 Å². The fraction of sp³-hybridized carbons (Fsp3) is 0.333. The summed E-state index contributed by atoms with van der Waals surface area (Å²) in [6.07, 6.45) is -9.73. The monoisotopic (exact) mass is 442 g/mol. The third kappa shape index (κ3) is 6.28. The Balaban J connectivity index is 2.18. The maximum absolute atomic E-state index is 12.8. The summed E-state index contributed by atoms with van der Waals surface area (Å²) in [6.45, 7) is 2.74. The van der Waals surface area contributed by atoms with Crippen molar-refractivity contribution in [2.45, 2.75) is 37.1 Å². The van der Waals surface area contributed by atoms with E-state index in [9.17, 15) is 34.8 Å². The summed E-state index contributed by atoms with van der Waals surface area (Å²) in [6, 6.07) is 8.83. The first-order valence-corrected chi connectivity index (χ1v) is 9.74. The minimum atomic E-state index is -4.87. The average molecular weight is 442 g/mol. The number of alkyl halides is 6. The standard InChI is InChI=1S/C18H16F6O4S/c1-11(13-3-7-15(8-4-13)27-17(19,20)21)29(25,26)12(2)14-5-9-16(10-6-14)28-18(22,23)24/h3-12H,1-2H3. The molecule has 0 N–H and O–H groups in total. The summed E-state index contributed by atoms with van der Waals surface area (Å²) in [7, 11) is -3.87. The Morgan fingerprint density at radius 1 is 0.655 bits per heavy atom. The van der Waals surface area contributed by atoms with Gasteiger partial charge >= 0.3 is 12.7 Å². The van der Waals surface area contributed by atoms with Crippen LogP contribution in [0.5, 0.6) is 11.5 Å². The molecule has 0 radical (unpaired) electrons. The molecule has 0 fully saturated rings. The minimum Gasteiger partial charge on any atom is -0.406 e. The zero-order valence-corrected chi connectivity index (χ0v) is 15.9. The fourth-order valence-electron chi connectivity index (χ4n) is 2.57. The Kier molecular flexibility index (Phi) is 6.41. The van der Waals surface area contributed by atoms with E-state index in [2.05, 4.69) is 9.47 Å². The molecule has 0 aliphatic carbocycles. The number of benzene rings is 2. The second kappa shape index (κ2) is 8.13. The quantitative estimate of drug-likeness (QED) is 0.537. The number of ether oxygens (including phenoxy) is 2. The lowest BCUT2D eigenvalue weighted by Gasteiger charge is -2.20. The van der Waals surface area contributed by atoms with Crippen molar-refractivity contribution in [3.05, 3.63) is 59.7 Å². The van der Waals surface area contributed by atoms with Crippen molar-refractivity contribution in [2.75, 3.05) is 0 Å². The van der Waals surface area contributed by atoms with Gasteiger partial charge < -0.3 is 9.47 Å². The van der Waals surface area contributed by atoms with Gasteiger partial charge in [-0.05, 0) is 49.2 Å². The summed E-state index contributed by atoms with van der Waals surface area (Å²) in [5.74, 6) is -0.974. The Morgan fingerprint density at radius 3 is 1.17 bits per heavy atom. The van der Waals surface area contributed by atoms with Crippen molar-refractivity contribution in [3.8, 4) is 11.5 Å². The largest absolute Gasteiger partial charge is 0.573 e. The Labute approximate surface area is 163 Å². The van der Waals surface area contributed by atoms with Crippen LogP contribution in [0.15, 0.2) is 48.5 Å². The number of hydrogen-bond donors (Lipinski definition) is 0. The first kappa shape index (κ1) is 22.9. The minimum absolute atomic E-state index is 0.239. The molecule has 0 aromatic heterocycles. The molecule has 0 amide bonds. The van der Waals surface area contributed by atoms with E-state index in [4.69, 9.17) is 0 Å². The molecule has 0 heterocycles. The molecule has 2 rings (SSSR count). The van der Waals surface area contributed by atoms with E-state index in [-0.39, 0.29) is 11.1 Å². The van der Waals surface area contributed by atoms with Crippen LogP contribution in [-0.2, 0) is 9.84 Å². The predicted octanol–water partition coefficient (Wildman–Crippen LogP) is 5.72. The molecular formula is C18H16F6O4S. The summed E-state index contributed by atoms with van der Waals surface area (Å²) >= 11 is 0. The van der Waals surface area contributed by atoms with Gasteiger partial charge in [-0.2, -0.15) is 0 Å². The zero-order valence-electron chi connectivity index (χ0n) is 15.1. The van der Waals surface area contributed by atoms with E-state index in [0.29, 0.717) is 0 Å². The molecular weight excluding hydrogens is 426 g/mol. The van der Waals surface area contributed by atoms with Crippen LogP contribution in [0.3, 0.4) is 0 Å². The third-order valence-corrected chi connectivity index (χ3v) is 6.67. The van der Waals surface area contributed by atoms with Gasteiger partial charge in [0.05, 0.1) is 10.5 Å². The Morgan fingerprint density at radius 2 is 0.931 bits per heavy atom. The van der Waals surface area contributed by atoms with Crippen molar-refractivity contribution in [1.29, 1.82) is 0 Å². The van der Waals surface area contributed by atoms with E-state index in [1.165, 1.54) is 38.1 Å². The molecule has 0 aliphatic rings. The summed E-state index contributed by atoms with van der Waals surface area (Å²) in [5, 5.41) is -2.16. The van der Waals surface area contributed by atoms with E-state index in [1.54, 1.807) is 0 Å². The molecule has 0 saturated heterocycles. The molecule has 0 aliphatic heterocycles. The second-order valence-corrected chi connectivity index (χ2v) is 8.70. The Bertz CT molecular complexity index is 847. The van der Waals surface area contributed by atoms with Gasteiger partial charge in [-0.15, -0.1) is 26.3 Å². The summed E-state index contributed by atoms with van der Waals surface area (Å²) < 4.78 is 106. The van der Waals surface area contributed by atoms with Crippen LogP contribution in [0.2, 0.25) is 0 Å². The van der Waals surface area contributed by atoms with E-state index in [1.807, 2.05) is 0 Å². The normalized spacial score (nSPS) is 14.9. The van der Waals surface area contributed by atoms with Gasteiger partial charge in [0.15, 0.2) is 9.84 Å². The van der Waals surface area contributed by atoms with E-state index < -0.39 is 44.6 Å². The molecule has 0 spiro atoms. The molecule has 0 saturated carbocycles. The van der Waals surface area contributed by atoms with Crippen molar-refractivity contribution < 1.29 is 44.2 Å². The highest BCUT2D eigenvalue weighted by Gasteiger charge is 2.33. The van der Waals surface area contributed by atoms with Gasteiger partial charge in [-0.25, -0.2) is 8.42 Å². The first-order chi connectivity index (χ1) is 13.2. The van der Waals surface area contributed by atoms with Crippen molar-refractivity contribution in [3.63, 3.8) is 0 Å². The van der Waals surface area contributed by atoms with Crippen LogP contribution in [0.25, 0.3) is 0 Å². The maximum atomic E-state index is 12.8. The number of hydrogen-bond acceptors (Lipinski definition) is 4. The van der Waals surface area contributed by atoms with Crippen molar-refractivity contribution in [2.24, 2.45) is 0 Å². The van der Waals surface area contributed by atoms with Crippen LogP contribution in [-0.4, -0.2) is 21.1 Å². The summed E-state index contributed by atoms with van der Waals surface area (Å²) in [5.41, 5.74) is 0.479. The number of halogens is 6. The van der Waals surface area contributed by atoms with Gasteiger partial charge in [-0.3, -0.25) is 0 Å². The lowest BCUT2D eigenvalue weighted by Crippen LogP contribution is -2.19. The van der Waals surface area contributed by atoms with E-state index >= 15 is 0 Å². The Hall–Kier alpha value is -2.43. The summed E-state index contributed by atoms with van der Waals surface area (Å²) in [4.78, 5) is 0. The molecule has 2 unspecified atom stereocenters. The van der Waals surface area contributed by atoms with Crippen LogP contribution in [0.1, 0.15) is 35.5 Å². The van der Waals surface area contributed by atoms with E-state index in [0.717, 1.165) is 24.3 Å². The molecule has 2 aromatic carbocycles. The van der Waals surface area contributed by atoms with Gasteiger partial charge in [0.25, 0.3) is 0 Å². The number of sulfone groups is 1. The lowest BCUT2D eigenvalue weighted by molar-refractivity contribution is -0.275. The van der Waals surface area contributed by atoms with Crippen LogP contribution in [0, 0.1) is 0 Å². The third-order valence-electron chi connectivity index (χ3n) is 4.15. The number of rotatable bonds is 6. The molecule has 2 aromatic rings. The molecule has 11 heteroatoms. The zero-order chi connectivity index (χ0) is 22.0. The molecule has 29 heavy (non-hydrogen) atoms. The smallest absolute Gasteiger partial charge is 0.406 e. The molecule has 2 atom stereocenters. The molecule has 4 nitrogen and oxygen atoms in total. The van der Waals surface area contributed by atoms with Gasteiger partial charge in [0.1, 0.15) is 11.5 Å². The topological polar surface area (TPSA) is 52.6 Å². The average Bonchev–Trinajstić information content (AvgIpc) is 2.59. The molecule has 160 valence electrons. The van der Waals surface area contributed by atoms with Crippen molar-refractivity contribution in [1.82, 2.24) is 0 Å². The van der Waals surface area contributed by atoms with Gasteiger partial charge in [0, 0.05) is 0 Å². The highest BCUT2D eigenvalue weighted by molar-refractivity contribution is 7.91. The van der Waals surface area contributed by atoms with Crippen molar-refractivity contribution >= 4 is 9.84 Å². The van der Waals surface area contributed by atoms with Crippen LogP contribution < -0.4 is 9.47 Å². The SMILES string of the molecule is CC(c1ccc(OC(F)(F)F)cc1)S(=O)(=O)C(C)c1ccc(OC(F)(F)F)cc1. The highest BCUT2D eigenvalue weighted by atomic mass is 32.2. The van der Waals surface area contributed by atoms with Gasteiger partial charge in [0.2, 0.25) is 0 Å². The first-order valence-electron chi connectivity index (χ1n) is 8.13. The molecule has 0 bridgehead atoms. The predicted molar refractivity (Wildman–Crippen MR) is 92.0 cm³/mol. The second-order valence-electron chi connectivity index (χ2n) is 6.11. The van der Waals surface area contributed by atoms with Crippen LogP contribution >= 0.6 is 0 Å². The highest BCUT2D eigenvalue weighted by Crippen LogP contribution is 2.35. The fourth-order valence-corrected chi connectivity index (χ4v) is 4.25. The lowest BCUT2D eigenvalue weighted by atomic mass is 10.1. The maximum Gasteiger partial charge on any atom is 0.573 e. The van der Waals surface area contributed by atoms with Crippen LogP contribution in [0.4, 0.5) is 26.3 Å².